The van der Waals surface area contributed by atoms with Crippen molar-refractivity contribution in [2.45, 2.75) is 0 Å². The van der Waals surface area contributed by atoms with E-state index in [1.54, 1.807) is 6.07 Å². The molecule has 0 amide bonds. The summed E-state index contributed by atoms with van der Waals surface area (Å²) in [5.74, 6) is 1.64. The number of hydrogen-bond donors (Lipinski definition) is 0. The van der Waals surface area contributed by atoms with E-state index in [0.717, 1.165) is 33.0 Å². The molecular formula is C39H23N3O2. The molecule has 206 valence electrons. The lowest BCUT2D eigenvalue weighted by atomic mass is 9.95. The van der Waals surface area contributed by atoms with Crippen molar-refractivity contribution in [1.29, 1.82) is 0 Å². The quantitative estimate of drug-likeness (QED) is 0.211. The Morgan fingerprint density at radius 2 is 1.07 bits per heavy atom. The Kier molecular flexibility index (Phi) is 4.60. The summed E-state index contributed by atoms with van der Waals surface area (Å²) in [7, 11) is 0. The predicted molar refractivity (Wildman–Crippen MR) is 176 cm³/mol. The molecule has 5 heteroatoms. The van der Waals surface area contributed by atoms with Crippen LogP contribution < -0.4 is 0 Å². The van der Waals surface area contributed by atoms with Crippen LogP contribution in [-0.4, -0.2) is 15.0 Å². The van der Waals surface area contributed by atoms with E-state index in [-0.39, 0.29) is 35.3 Å². The minimum atomic E-state index is 0.0526. The van der Waals surface area contributed by atoms with Gasteiger partial charge >= 0.3 is 0 Å². The van der Waals surface area contributed by atoms with Gasteiger partial charge in [0.1, 0.15) is 22.3 Å². The lowest BCUT2D eigenvalue weighted by Gasteiger charge is -2.08. The Morgan fingerprint density at radius 1 is 0.432 bits per heavy atom. The van der Waals surface area contributed by atoms with Crippen molar-refractivity contribution in [2.24, 2.45) is 0 Å². The van der Waals surface area contributed by atoms with Crippen molar-refractivity contribution in [2.75, 3.05) is 0 Å². The molecule has 0 N–H and O–H groups in total. The molecule has 9 aromatic rings. The Labute approximate surface area is 257 Å². The van der Waals surface area contributed by atoms with Crippen LogP contribution >= 0.6 is 0 Å². The van der Waals surface area contributed by atoms with E-state index >= 15 is 0 Å². The molecule has 0 saturated heterocycles. The van der Waals surface area contributed by atoms with Crippen LogP contribution in [0.2, 0.25) is 0 Å². The van der Waals surface area contributed by atoms with E-state index in [1.165, 1.54) is 12.1 Å². The molecule has 0 atom stereocenters. The van der Waals surface area contributed by atoms with E-state index < -0.39 is 0 Å². The largest absolute Gasteiger partial charge is 0.456 e. The SMILES string of the molecule is [2H]c1cc([2H])c2oc3c([2H])cc([2H])c(-c4cccc5oc6cc(-c7nc(-c8ccccc8)nc(-c8ccccc8)n7)ccc6c45)c3c2c1. The zero-order valence-electron chi connectivity index (χ0n) is 27.1. The first-order valence-electron chi connectivity index (χ1n) is 16.2. The van der Waals surface area contributed by atoms with E-state index in [1.807, 2.05) is 97.1 Å². The average molecular weight is 570 g/mol. The molecule has 44 heavy (non-hydrogen) atoms. The second-order valence-electron chi connectivity index (χ2n) is 10.5. The summed E-state index contributed by atoms with van der Waals surface area (Å²) in [6, 6.07) is 36.1. The minimum Gasteiger partial charge on any atom is -0.456 e. The van der Waals surface area contributed by atoms with Gasteiger partial charge in [-0.15, -0.1) is 0 Å². The maximum absolute atomic E-state index is 9.01. The number of hydrogen-bond acceptors (Lipinski definition) is 5. The number of fused-ring (bicyclic) bond motifs is 6. The molecule has 0 aliphatic rings. The fraction of sp³-hybridized carbons (Fsp3) is 0. The van der Waals surface area contributed by atoms with Crippen molar-refractivity contribution >= 4 is 43.9 Å². The number of para-hydroxylation sites is 1. The van der Waals surface area contributed by atoms with Gasteiger partial charge in [-0.2, -0.15) is 0 Å². The molecule has 0 aliphatic carbocycles. The summed E-state index contributed by atoms with van der Waals surface area (Å²) in [6.07, 6.45) is 0. The number of furan rings is 2. The highest BCUT2D eigenvalue weighted by Crippen LogP contribution is 2.42. The third-order valence-corrected chi connectivity index (χ3v) is 7.85. The van der Waals surface area contributed by atoms with E-state index in [2.05, 4.69) is 0 Å². The zero-order valence-corrected chi connectivity index (χ0v) is 23.1. The fourth-order valence-corrected chi connectivity index (χ4v) is 5.84. The van der Waals surface area contributed by atoms with Crippen LogP contribution in [0, 0.1) is 0 Å². The Balaban J connectivity index is 1.26. The Hall–Kier alpha value is -6.07. The zero-order chi connectivity index (χ0) is 32.5. The lowest BCUT2D eigenvalue weighted by Crippen LogP contribution is -2.00. The third kappa shape index (κ3) is 3.91. The molecule has 0 saturated carbocycles. The number of nitrogens with zero attached hydrogens (tertiary/aromatic N) is 3. The van der Waals surface area contributed by atoms with Crippen LogP contribution in [0.15, 0.2) is 148 Å². The van der Waals surface area contributed by atoms with Gasteiger partial charge in [-0.1, -0.05) is 109 Å². The summed E-state index contributed by atoms with van der Waals surface area (Å²) < 4.78 is 46.7. The summed E-state index contributed by atoms with van der Waals surface area (Å²) in [5.41, 5.74) is 5.62. The molecule has 0 aliphatic heterocycles. The van der Waals surface area contributed by atoms with Gasteiger partial charge in [-0.05, 0) is 41.4 Å². The molecule has 3 heterocycles. The van der Waals surface area contributed by atoms with E-state index in [9.17, 15) is 0 Å². The smallest absolute Gasteiger partial charge is 0.164 e. The second-order valence-corrected chi connectivity index (χ2v) is 10.5. The molecule has 3 aromatic heterocycles. The first-order chi connectivity index (χ1) is 23.4. The molecule has 0 spiro atoms. The second kappa shape index (κ2) is 9.75. The molecule has 0 bridgehead atoms. The van der Waals surface area contributed by atoms with Crippen LogP contribution in [-0.2, 0) is 0 Å². The Bertz CT molecular complexity index is 2670. The van der Waals surface area contributed by atoms with Gasteiger partial charge in [0.2, 0.25) is 0 Å². The lowest BCUT2D eigenvalue weighted by molar-refractivity contribution is 0.668. The molecule has 9 rings (SSSR count). The minimum absolute atomic E-state index is 0.0526. The molecular weight excluding hydrogens is 542 g/mol. The average Bonchev–Trinajstić information content (AvgIpc) is 3.68. The van der Waals surface area contributed by atoms with Gasteiger partial charge < -0.3 is 8.83 Å². The third-order valence-electron chi connectivity index (χ3n) is 7.85. The molecule has 5 nitrogen and oxygen atoms in total. The first-order valence-corrected chi connectivity index (χ1v) is 14.2. The summed E-state index contributed by atoms with van der Waals surface area (Å²) in [4.78, 5) is 14.5. The summed E-state index contributed by atoms with van der Waals surface area (Å²) in [6.45, 7) is 0. The number of rotatable bonds is 4. The molecule has 0 unspecified atom stereocenters. The number of benzene rings is 6. The fourth-order valence-electron chi connectivity index (χ4n) is 5.84. The maximum Gasteiger partial charge on any atom is 0.164 e. The van der Waals surface area contributed by atoms with Gasteiger partial charge in [0.05, 0.1) is 5.48 Å². The van der Waals surface area contributed by atoms with Gasteiger partial charge in [0.15, 0.2) is 17.5 Å². The van der Waals surface area contributed by atoms with Crippen LogP contribution in [0.25, 0.3) is 89.2 Å². The van der Waals surface area contributed by atoms with Gasteiger partial charge in [-0.25, -0.2) is 15.0 Å². The highest BCUT2D eigenvalue weighted by atomic mass is 16.3. The Morgan fingerprint density at radius 3 is 1.82 bits per heavy atom. The van der Waals surface area contributed by atoms with Gasteiger partial charge in [0.25, 0.3) is 0 Å². The van der Waals surface area contributed by atoms with Crippen molar-refractivity contribution in [3.05, 3.63) is 139 Å². The van der Waals surface area contributed by atoms with Crippen LogP contribution in [0.5, 0.6) is 0 Å². The van der Waals surface area contributed by atoms with Gasteiger partial charge in [-0.3, -0.25) is 0 Å². The topological polar surface area (TPSA) is 65.0 Å². The van der Waals surface area contributed by atoms with E-state index in [4.69, 9.17) is 29.3 Å². The van der Waals surface area contributed by atoms with Crippen LogP contribution in [0.4, 0.5) is 0 Å². The summed E-state index contributed by atoms with van der Waals surface area (Å²) >= 11 is 0. The maximum atomic E-state index is 9.01. The van der Waals surface area contributed by atoms with Gasteiger partial charge in [0, 0.05) is 38.2 Å². The molecule has 0 fully saturated rings. The highest BCUT2D eigenvalue weighted by Gasteiger charge is 2.19. The van der Waals surface area contributed by atoms with Crippen molar-refractivity contribution in [1.82, 2.24) is 15.0 Å². The predicted octanol–water partition coefficient (Wildman–Crippen LogP) is 10.3. The number of aromatic nitrogens is 3. The molecule has 0 radical (unpaired) electrons. The normalized spacial score (nSPS) is 12.9. The highest BCUT2D eigenvalue weighted by molar-refractivity contribution is 6.19. The van der Waals surface area contributed by atoms with Crippen molar-refractivity contribution < 1.29 is 14.3 Å². The standard InChI is InChI=1S/C39H23N3O2/c1-3-11-24(12-4-1)37-40-38(25-13-5-2-6-14-25)42-39(41-37)26-21-22-30-34(23-26)44-33-20-10-17-28(36(30)33)27-16-9-19-32-35(27)29-15-7-8-18-31(29)43-32/h1-23H/i7D,16D,18D,19D. The first kappa shape index (κ1) is 20.8. The molecule has 6 aromatic carbocycles. The van der Waals surface area contributed by atoms with Crippen LogP contribution in [0.1, 0.15) is 5.48 Å². The van der Waals surface area contributed by atoms with E-state index in [0.29, 0.717) is 45.0 Å². The van der Waals surface area contributed by atoms with Crippen molar-refractivity contribution in [3.63, 3.8) is 0 Å². The monoisotopic (exact) mass is 569 g/mol. The van der Waals surface area contributed by atoms with Crippen LogP contribution in [0.3, 0.4) is 0 Å². The van der Waals surface area contributed by atoms with Crippen molar-refractivity contribution in [3.8, 4) is 45.3 Å². The summed E-state index contributed by atoms with van der Waals surface area (Å²) in [5, 5.41) is 2.71.